The van der Waals surface area contributed by atoms with Crippen molar-refractivity contribution in [3.63, 3.8) is 0 Å². The Kier molecular flexibility index (Phi) is 21.1. The number of fused-ring (bicyclic) bond motifs is 4. The number of hydrogen-bond donors (Lipinski definition) is 13. The molecular formula is C60H94O31S. The van der Waals surface area contributed by atoms with Gasteiger partial charge in [-0.2, -0.15) is 8.42 Å². The van der Waals surface area contributed by atoms with Crippen LogP contribution in [0.5, 0.6) is 0 Å². The molecule has 526 valence electrons. The molecule has 6 aliphatic heterocycles. The molecule has 13 N–H and O–H groups in total. The Balaban J connectivity index is 0.877. The maximum absolute atomic E-state index is 14.5. The normalized spacial score (nSPS) is 50.2. The zero-order valence-electron chi connectivity index (χ0n) is 52.9. The highest BCUT2D eigenvalue weighted by Gasteiger charge is 2.76. The SMILES string of the molecule is CO[C@@H]1[C@@H](O)[C@H](O[C@@H]2[C@@H](O)[C@H](O[C@H]3[C@H](O)[C@@H](O)[C@H](O[C@@H]4[C@@H](O[C@H]5CC[C@]6(C)[C@H]7CC[C@]89C(=O)O[C@@](C)(CC(=O)CC(C)C)[C@H]8CC[C@@]9(C)C7=CC[C@H]6C5(C)C)OC[C@H](O[C@H]5O[C@H](COS(=O)(=O)O)[C@@H](O)[C@H](O)[C@H]5O)[C@@H]4O)O[C@@H]3C)O[C@H](CO)[C@H]2O)O[C@H](C(=O)O)[C@H]1O. The van der Waals surface area contributed by atoms with E-state index in [1.165, 1.54) is 12.5 Å². The van der Waals surface area contributed by atoms with E-state index in [1.54, 1.807) is 0 Å². The van der Waals surface area contributed by atoms with Gasteiger partial charge in [0, 0.05) is 31.3 Å². The molecule has 6 saturated heterocycles. The zero-order chi connectivity index (χ0) is 67.4. The van der Waals surface area contributed by atoms with Gasteiger partial charge in [-0.1, -0.05) is 53.2 Å². The van der Waals surface area contributed by atoms with Crippen molar-refractivity contribution >= 4 is 28.1 Å². The van der Waals surface area contributed by atoms with E-state index in [1.807, 2.05) is 20.8 Å². The summed E-state index contributed by atoms with van der Waals surface area (Å²) in [5.41, 5.74) is -1.95. The molecule has 32 atom stereocenters. The zero-order valence-corrected chi connectivity index (χ0v) is 53.7. The highest BCUT2D eigenvalue weighted by molar-refractivity contribution is 7.80. The van der Waals surface area contributed by atoms with Crippen LogP contribution in [0.1, 0.15) is 113 Å². The summed E-state index contributed by atoms with van der Waals surface area (Å²) in [6.07, 6.45) is -37.6. The number of aliphatic hydroxyl groups is 11. The van der Waals surface area contributed by atoms with Crippen LogP contribution < -0.4 is 0 Å². The number of carbonyl (C=O) groups excluding carboxylic acids is 2. The van der Waals surface area contributed by atoms with Gasteiger partial charge in [-0.25, -0.2) is 8.98 Å². The highest BCUT2D eigenvalue weighted by atomic mass is 32.3. The Hall–Kier alpha value is -2.66. The van der Waals surface area contributed by atoms with Crippen molar-refractivity contribution in [1.29, 1.82) is 0 Å². The van der Waals surface area contributed by atoms with Crippen LogP contribution >= 0.6 is 0 Å². The largest absolute Gasteiger partial charge is 0.479 e. The molecule has 0 aromatic heterocycles. The maximum atomic E-state index is 14.5. The van der Waals surface area contributed by atoms with Crippen LogP contribution in [0.15, 0.2) is 11.6 Å². The number of aliphatic hydroxyl groups excluding tert-OH is 11. The predicted octanol–water partition coefficient (Wildman–Crippen LogP) is -2.39. The predicted molar refractivity (Wildman–Crippen MR) is 304 cm³/mol. The first-order valence-electron chi connectivity index (χ1n) is 31.7. The number of esters is 1. The molecule has 3 saturated carbocycles. The number of aliphatic carboxylic acids is 1. The van der Waals surface area contributed by atoms with E-state index in [9.17, 15) is 88.6 Å². The topological polar surface area (TPSA) is 468 Å². The van der Waals surface area contributed by atoms with Gasteiger partial charge in [0.1, 0.15) is 115 Å². The van der Waals surface area contributed by atoms with Crippen molar-refractivity contribution in [2.75, 3.05) is 26.9 Å². The molecule has 10 rings (SSSR count). The second-order valence-electron chi connectivity index (χ2n) is 28.7. The fourth-order valence-electron chi connectivity index (χ4n) is 17.7. The molecule has 6 heterocycles. The van der Waals surface area contributed by atoms with E-state index >= 15 is 0 Å². The quantitative estimate of drug-likeness (QED) is 0.0344. The third kappa shape index (κ3) is 12.7. The van der Waals surface area contributed by atoms with Crippen molar-refractivity contribution in [3.8, 4) is 0 Å². The van der Waals surface area contributed by atoms with Gasteiger partial charge in [0.25, 0.3) is 0 Å². The second-order valence-corrected chi connectivity index (χ2v) is 29.8. The number of allylic oxidation sites excluding steroid dienone is 2. The Labute approximate surface area is 532 Å². The van der Waals surface area contributed by atoms with E-state index < -0.39 is 212 Å². The fraction of sp³-hybridized carbons (Fsp3) is 0.917. The van der Waals surface area contributed by atoms with Crippen LogP contribution in [0.3, 0.4) is 0 Å². The monoisotopic (exact) mass is 1340 g/mol. The lowest BCUT2D eigenvalue weighted by Crippen LogP contribution is -2.67. The highest BCUT2D eigenvalue weighted by Crippen LogP contribution is 2.76. The van der Waals surface area contributed by atoms with Crippen LogP contribution in [-0.4, -0.2) is 278 Å². The number of carboxylic acid groups (broad SMARTS) is 1. The van der Waals surface area contributed by atoms with E-state index in [0.29, 0.717) is 38.5 Å². The fourth-order valence-corrected chi connectivity index (χ4v) is 18.0. The average molecular weight is 1340 g/mol. The molecule has 0 radical (unpaired) electrons. The molecule has 32 heteroatoms. The minimum absolute atomic E-state index is 0.0328. The third-order valence-electron chi connectivity index (χ3n) is 22.4. The second kappa shape index (κ2) is 26.9. The summed E-state index contributed by atoms with van der Waals surface area (Å²) < 4.78 is 108. The first-order valence-corrected chi connectivity index (χ1v) is 33.1. The molecule has 10 aliphatic rings. The van der Waals surface area contributed by atoms with Crippen molar-refractivity contribution in [2.45, 2.75) is 272 Å². The lowest BCUT2D eigenvalue weighted by Gasteiger charge is -2.64. The number of methoxy groups -OCH3 is 1. The summed E-state index contributed by atoms with van der Waals surface area (Å²) in [5, 5.41) is 133. The molecule has 0 amide bonds. The third-order valence-corrected chi connectivity index (χ3v) is 22.8. The summed E-state index contributed by atoms with van der Waals surface area (Å²) in [6.45, 7) is 13.4. The van der Waals surface area contributed by atoms with E-state index in [2.05, 4.69) is 38.0 Å². The van der Waals surface area contributed by atoms with Gasteiger partial charge in [-0.3, -0.25) is 14.1 Å². The molecule has 4 aliphatic carbocycles. The minimum Gasteiger partial charge on any atom is -0.479 e. The molecule has 9 fully saturated rings. The maximum Gasteiger partial charge on any atom is 0.397 e. The number of ether oxygens (including phenoxy) is 12. The lowest BCUT2D eigenvalue weighted by atomic mass is 9.41. The molecule has 0 aromatic rings. The first kappa shape index (κ1) is 72.1. The smallest absolute Gasteiger partial charge is 0.397 e. The van der Waals surface area contributed by atoms with Crippen molar-refractivity contribution in [1.82, 2.24) is 0 Å². The summed E-state index contributed by atoms with van der Waals surface area (Å²) in [4.78, 5) is 39.8. The van der Waals surface area contributed by atoms with E-state index in [4.69, 9.17) is 56.8 Å². The van der Waals surface area contributed by atoms with Crippen molar-refractivity contribution < 1.29 is 150 Å². The number of carbonyl (C=O) groups is 3. The Bertz CT molecular complexity index is 2790. The first-order chi connectivity index (χ1) is 43.0. The molecule has 0 unspecified atom stereocenters. The van der Waals surface area contributed by atoms with Gasteiger partial charge in [0.15, 0.2) is 37.6 Å². The van der Waals surface area contributed by atoms with Crippen LogP contribution in [-0.2, 0) is 85.8 Å². The molecule has 1 spiro atoms. The summed E-state index contributed by atoms with van der Waals surface area (Å²) in [5.74, 6) is -1.75. The number of rotatable bonds is 20. The van der Waals surface area contributed by atoms with E-state index in [0.717, 1.165) is 20.0 Å². The van der Waals surface area contributed by atoms with E-state index in [-0.39, 0.29) is 47.3 Å². The molecule has 92 heavy (non-hydrogen) atoms. The van der Waals surface area contributed by atoms with Crippen LogP contribution in [0.25, 0.3) is 0 Å². The summed E-state index contributed by atoms with van der Waals surface area (Å²) in [6, 6.07) is 0. The average Bonchev–Trinajstić information content (AvgIpc) is 1.46. The summed E-state index contributed by atoms with van der Waals surface area (Å²) >= 11 is 0. The van der Waals surface area contributed by atoms with Crippen LogP contribution in [0, 0.1) is 45.3 Å². The lowest BCUT2D eigenvalue weighted by molar-refractivity contribution is -0.394. The summed E-state index contributed by atoms with van der Waals surface area (Å²) in [7, 11) is -4.02. The Morgan fingerprint density at radius 2 is 1.28 bits per heavy atom. The standard InChI is InChI=1S/C60H94O31S/c1-23(2)18-25(62)19-59(8)32-13-16-58(7)27-10-11-31-56(4,5)33(14-15-57(31,6)26(27)12-17-60(32,58)55(75)91-59)86-54-48(36(65)29(21-80-54)84-51-39(68)37(66)34(63)30(85-51)22-81-92(76,77)78)90-50-40(69)38(67)44(24(3)82-50)87-52-43(72)46(35(64)28(20-61)83-52)88-53-42(71)45(79-9)41(70)47(89-53)49(73)74/h10,23-24,26,28-48,50-54,61,63-72H,11-22H2,1-9H3,(H,73,74)(H,76,77,78)/t24-,26+,28-,29+,30-,31+,32-,33+,34-,35-,36+,37+,38-,39-,40-,41+,42-,43-,44-,45+,46+,47+,48+,50+,51+,52+,53-,54-,57-,58+,59+,60-/m1/s1. The number of ketones is 1. The number of carboxylic acids is 1. The van der Waals surface area contributed by atoms with Crippen molar-refractivity contribution in [3.05, 3.63) is 11.6 Å². The Morgan fingerprint density at radius 1 is 0.663 bits per heavy atom. The molecule has 0 bridgehead atoms. The van der Waals surface area contributed by atoms with Gasteiger partial charge in [0.2, 0.25) is 0 Å². The number of Topliss-reactive ketones (excluding diaryl/α,β-unsaturated/α-hetero) is 1. The number of hydrogen-bond acceptors (Lipinski definition) is 29. The van der Waals surface area contributed by atoms with Gasteiger partial charge in [0.05, 0.1) is 37.4 Å². The number of cyclic esters (lactones) is 1. The van der Waals surface area contributed by atoms with Gasteiger partial charge < -0.3 is 118 Å². The molecular weight excluding hydrogens is 1250 g/mol. The molecule has 31 nitrogen and oxygen atoms in total. The molecule has 0 aromatic carbocycles. The van der Waals surface area contributed by atoms with Crippen LogP contribution in [0.2, 0.25) is 0 Å². The van der Waals surface area contributed by atoms with Gasteiger partial charge in [-0.15, -0.1) is 0 Å². The minimum atomic E-state index is -5.09. The Morgan fingerprint density at radius 3 is 1.93 bits per heavy atom. The van der Waals surface area contributed by atoms with Crippen LogP contribution in [0.4, 0.5) is 0 Å². The van der Waals surface area contributed by atoms with Crippen molar-refractivity contribution in [2.24, 2.45) is 45.3 Å². The van der Waals surface area contributed by atoms with Gasteiger partial charge >= 0.3 is 22.3 Å². The van der Waals surface area contributed by atoms with Gasteiger partial charge in [-0.05, 0) is 87.4 Å².